The molecule has 0 saturated carbocycles. The van der Waals surface area contributed by atoms with Gasteiger partial charge in [-0.25, -0.2) is 0 Å². The Hall–Kier alpha value is -1.11. The van der Waals surface area contributed by atoms with Crippen molar-refractivity contribution in [2.45, 2.75) is 34.1 Å². The van der Waals surface area contributed by atoms with Crippen LogP contribution in [-0.4, -0.2) is 5.78 Å². The lowest BCUT2D eigenvalue weighted by Gasteiger charge is -1.98. The zero-order valence-corrected chi connectivity index (χ0v) is 9.58. The first-order chi connectivity index (χ1) is 6.57. The van der Waals surface area contributed by atoms with Crippen LogP contribution in [0.3, 0.4) is 0 Å². The summed E-state index contributed by atoms with van der Waals surface area (Å²) in [6, 6.07) is 10.3. The summed E-state index contributed by atoms with van der Waals surface area (Å²) in [4.78, 5) is 10.4. The maximum absolute atomic E-state index is 10.4. The van der Waals surface area contributed by atoms with Gasteiger partial charge in [-0.05, 0) is 20.3 Å². The van der Waals surface area contributed by atoms with E-state index in [1.165, 1.54) is 5.56 Å². The number of carbonyl (C=O) groups is 1. The van der Waals surface area contributed by atoms with Crippen molar-refractivity contribution in [1.82, 2.24) is 0 Å². The van der Waals surface area contributed by atoms with Crippen LogP contribution in [-0.2, 0) is 4.79 Å². The van der Waals surface area contributed by atoms with Crippen LogP contribution in [0.25, 0.3) is 0 Å². The lowest BCUT2D eigenvalue weighted by Crippen LogP contribution is -2.03. The van der Waals surface area contributed by atoms with Crippen molar-refractivity contribution in [3.05, 3.63) is 35.9 Å². The van der Waals surface area contributed by atoms with E-state index in [9.17, 15) is 4.79 Å². The smallest absolute Gasteiger partial charge is 0.132 e. The minimum absolute atomic E-state index is 0.264. The van der Waals surface area contributed by atoms with Crippen LogP contribution in [0.15, 0.2) is 30.3 Å². The Morgan fingerprint density at radius 3 is 1.93 bits per heavy atom. The summed E-state index contributed by atoms with van der Waals surface area (Å²) in [7, 11) is 0. The van der Waals surface area contributed by atoms with Gasteiger partial charge in [-0.15, -0.1) is 0 Å². The van der Waals surface area contributed by atoms with E-state index in [1.54, 1.807) is 6.92 Å². The number of ketones is 1. The number of rotatable bonds is 2. The quantitative estimate of drug-likeness (QED) is 0.699. The van der Waals surface area contributed by atoms with E-state index in [2.05, 4.69) is 19.1 Å². The summed E-state index contributed by atoms with van der Waals surface area (Å²) in [5.74, 6) is 0.558. The molecule has 0 heterocycles. The highest BCUT2D eigenvalue weighted by Crippen LogP contribution is 1.99. The van der Waals surface area contributed by atoms with Crippen LogP contribution in [0.1, 0.15) is 32.8 Å². The molecule has 1 heteroatoms. The molecule has 1 rings (SSSR count). The van der Waals surface area contributed by atoms with E-state index in [-0.39, 0.29) is 5.92 Å². The molecule has 78 valence electrons. The van der Waals surface area contributed by atoms with Crippen molar-refractivity contribution in [2.75, 3.05) is 0 Å². The predicted octanol–water partition coefficient (Wildman–Crippen LogP) is 3.62. The normalized spacial score (nSPS) is 11.1. The van der Waals surface area contributed by atoms with Gasteiger partial charge in [0.2, 0.25) is 0 Å². The van der Waals surface area contributed by atoms with Crippen LogP contribution in [0, 0.1) is 12.8 Å². The van der Waals surface area contributed by atoms with E-state index in [0.717, 1.165) is 6.42 Å². The largest absolute Gasteiger partial charge is 0.300 e. The topological polar surface area (TPSA) is 17.1 Å². The van der Waals surface area contributed by atoms with Gasteiger partial charge in [0, 0.05) is 5.92 Å². The Labute approximate surface area is 87.2 Å². The molecule has 1 aromatic rings. The lowest BCUT2D eigenvalue weighted by atomic mass is 10.1. The number of aryl methyl sites for hydroxylation is 1. The Morgan fingerprint density at radius 2 is 1.79 bits per heavy atom. The zero-order valence-electron chi connectivity index (χ0n) is 9.58. The molecule has 0 aromatic heterocycles. The van der Waals surface area contributed by atoms with Gasteiger partial charge in [0.15, 0.2) is 0 Å². The standard InChI is InChI=1S/C7H8.C6H12O/c1-7-5-3-2-4-6-7;1-4-5(2)6(3)7/h2-6H,1H3;5H,4H2,1-3H3. The molecular weight excluding hydrogens is 172 g/mol. The molecule has 1 atom stereocenters. The van der Waals surface area contributed by atoms with E-state index < -0.39 is 0 Å². The van der Waals surface area contributed by atoms with Crippen LogP contribution >= 0.6 is 0 Å². The van der Waals surface area contributed by atoms with Gasteiger partial charge in [0.1, 0.15) is 5.78 Å². The average Bonchev–Trinajstić information content (AvgIpc) is 2.18. The van der Waals surface area contributed by atoms with Crippen LogP contribution < -0.4 is 0 Å². The highest BCUT2D eigenvalue weighted by molar-refractivity contribution is 5.77. The molecule has 0 aliphatic rings. The summed E-state index contributed by atoms with van der Waals surface area (Å²) in [5.41, 5.74) is 1.32. The maximum atomic E-state index is 10.4. The van der Waals surface area contributed by atoms with Crippen LogP contribution in [0.2, 0.25) is 0 Å². The van der Waals surface area contributed by atoms with E-state index in [0.29, 0.717) is 5.78 Å². The average molecular weight is 192 g/mol. The molecule has 0 bridgehead atoms. The molecule has 0 aliphatic heterocycles. The molecule has 0 amide bonds. The highest BCUT2D eigenvalue weighted by atomic mass is 16.1. The SMILES string of the molecule is CCC(C)C(C)=O.Cc1ccccc1. The second-order valence-electron chi connectivity index (χ2n) is 3.57. The first kappa shape index (κ1) is 12.9. The molecule has 0 aliphatic carbocycles. The van der Waals surface area contributed by atoms with Crippen molar-refractivity contribution in [1.29, 1.82) is 0 Å². The fraction of sp³-hybridized carbons (Fsp3) is 0.462. The summed E-state index contributed by atoms with van der Waals surface area (Å²) in [6.45, 7) is 7.68. The van der Waals surface area contributed by atoms with Crippen molar-refractivity contribution in [2.24, 2.45) is 5.92 Å². The van der Waals surface area contributed by atoms with Crippen molar-refractivity contribution in [3.8, 4) is 0 Å². The van der Waals surface area contributed by atoms with Gasteiger partial charge in [-0.1, -0.05) is 49.7 Å². The third kappa shape index (κ3) is 6.41. The molecule has 1 unspecified atom stereocenters. The molecule has 0 saturated heterocycles. The summed E-state index contributed by atoms with van der Waals surface area (Å²) in [5, 5.41) is 0. The Bertz CT molecular complexity index is 251. The number of hydrogen-bond donors (Lipinski definition) is 0. The second-order valence-corrected chi connectivity index (χ2v) is 3.57. The first-order valence-corrected chi connectivity index (χ1v) is 5.10. The minimum atomic E-state index is 0.264. The Balaban J connectivity index is 0.000000241. The van der Waals surface area contributed by atoms with Gasteiger partial charge in [0.05, 0.1) is 0 Å². The van der Waals surface area contributed by atoms with Crippen LogP contribution in [0.5, 0.6) is 0 Å². The summed E-state index contributed by atoms with van der Waals surface area (Å²) < 4.78 is 0. The maximum Gasteiger partial charge on any atom is 0.132 e. The fourth-order valence-electron chi connectivity index (χ4n) is 0.822. The van der Waals surface area contributed by atoms with Gasteiger partial charge in [-0.3, -0.25) is 4.79 Å². The number of hydrogen-bond acceptors (Lipinski definition) is 1. The molecule has 0 spiro atoms. The molecule has 14 heavy (non-hydrogen) atoms. The number of Topliss-reactive ketones (excluding diaryl/α,β-unsaturated/α-hetero) is 1. The van der Waals surface area contributed by atoms with Crippen LogP contribution in [0.4, 0.5) is 0 Å². The van der Waals surface area contributed by atoms with Crippen molar-refractivity contribution < 1.29 is 4.79 Å². The lowest BCUT2D eigenvalue weighted by molar-refractivity contribution is -0.120. The zero-order chi connectivity index (χ0) is 11.0. The molecule has 0 radical (unpaired) electrons. The second kappa shape index (κ2) is 7.31. The number of carbonyl (C=O) groups excluding carboxylic acids is 1. The molecule has 1 nitrogen and oxygen atoms in total. The third-order valence-corrected chi connectivity index (χ3v) is 2.25. The minimum Gasteiger partial charge on any atom is -0.300 e. The van der Waals surface area contributed by atoms with Gasteiger partial charge in [0.25, 0.3) is 0 Å². The molecule has 0 N–H and O–H groups in total. The van der Waals surface area contributed by atoms with E-state index >= 15 is 0 Å². The summed E-state index contributed by atoms with van der Waals surface area (Å²) >= 11 is 0. The predicted molar refractivity (Wildman–Crippen MR) is 61.3 cm³/mol. The highest BCUT2D eigenvalue weighted by Gasteiger charge is 2.01. The Morgan fingerprint density at radius 1 is 1.29 bits per heavy atom. The van der Waals surface area contributed by atoms with Gasteiger partial charge in [-0.2, -0.15) is 0 Å². The molecular formula is C13H20O. The van der Waals surface area contributed by atoms with Gasteiger partial charge >= 0.3 is 0 Å². The van der Waals surface area contributed by atoms with E-state index in [4.69, 9.17) is 0 Å². The molecule has 1 aromatic carbocycles. The third-order valence-electron chi connectivity index (χ3n) is 2.25. The first-order valence-electron chi connectivity index (χ1n) is 5.10. The molecule has 0 fully saturated rings. The summed E-state index contributed by atoms with van der Waals surface area (Å²) in [6.07, 6.45) is 0.968. The van der Waals surface area contributed by atoms with Crippen molar-refractivity contribution >= 4 is 5.78 Å². The van der Waals surface area contributed by atoms with Crippen molar-refractivity contribution in [3.63, 3.8) is 0 Å². The monoisotopic (exact) mass is 192 g/mol. The number of benzene rings is 1. The van der Waals surface area contributed by atoms with E-state index in [1.807, 2.05) is 32.0 Å². The van der Waals surface area contributed by atoms with Gasteiger partial charge < -0.3 is 0 Å². The Kier molecular flexibility index (Phi) is 6.73. The fourth-order valence-corrected chi connectivity index (χ4v) is 0.822.